The summed E-state index contributed by atoms with van der Waals surface area (Å²) in [6.45, 7) is 3.00. The molecule has 1 fully saturated rings. The van der Waals surface area contributed by atoms with Gasteiger partial charge in [-0.05, 0) is 50.8 Å². The minimum absolute atomic E-state index is 0.0590. The number of carbonyl (C=O) groups excluding carboxylic acids is 2. The number of benzene rings is 2. The lowest BCUT2D eigenvalue weighted by Crippen LogP contribution is -2.35. The van der Waals surface area contributed by atoms with E-state index in [1.807, 2.05) is 25.9 Å². The number of rotatable bonds is 8. The topological polar surface area (TPSA) is 113 Å². The van der Waals surface area contributed by atoms with Crippen molar-refractivity contribution in [2.45, 2.75) is 13.0 Å². The predicted molar refractivity (Wildman–Crippen MR) is 118 cm³/mol. The lowest BCUT2D eigenvalue weighted by Gasteiger charge is -2.26. The van der Waals surface area contributed by atoms with E-state index in [9.17, 15) is 24.8 Å². The molecule has 0 bridgehead atoms. The fourth-order valence-corrected chi connectivity index (χ4v) is 3.60. The van der Waals surface area contributed by atoms with Crippen LogP contribution in [0.1, 0.15) is 24.1 Å². The van der Waals surface area contributed by atoms with Gasteiger partial charge < -0.3 is 19.6 Å². The highest BCUT2D eigenvalue weighted by molar-refractivity contribution is 6.46. The number of amides is 1. The second kappa shape index (κ2) is 9.61. The first-order valence-corrected chi connectivity index (χ1v) is 10.1. The molecule has 1 amide bonds. The number of hydrogen-bond donors (Lipinski definition) is 1. The molecule has 0 aliphatic carbocycles. The van der Waals surface area contributed by atoms with E-state index in [-0.39, 0.29) is 23.6 Å². The van der Waals surface area contributed by atoms with Gasteiger partial charge in [-0.3, -0.25) is 19.7 Å². The average molecular weight is 439 g/mol. The number of non-ortho nitro benzene ring substituents is 1. The molecule has 3 rings (SSSR count). The van der Waals surface area contributed by atoms with Crippen molar-refractivity contribution in [2.24, 2.45) is 0 Å². The van der Waals surface area contributed by atoms with Gasteiger partial charge in [0.1, 0.15) is 11.5 Å². The van der Waals surface area contributed by atoms with Crippen LogP contribution in [0.3, 0.4) is 0 Å². The van der Waals surface area contributed by atoms with E-state index in [2.05, 4.69) is 0 Å². The molecule has 1 atom stereocenters. The summed E-state index contributed by atoms with van der Waals surface area (Å²) in [5.41, 5.74) is 0.671. The Balaban J connectivity index is 2.13. The Morgan fingerprint density at radius 2 is 1.88 bits per heavy atom. The molecular formula is C23H25N3O6. The third-order valence-corrected chi connectivity index (χ3v) is 5.17. The molecular weight excluding hydrogens is 414 g/mol. The molecule has 9 heteroatoms. The fourth-order valence-electron chi connectivity index (χ4n) is 3.60. The van der Waals surface area contributed by atoms with Gasteiger partial charge in [-0.2, -0.15) is 0 Å². The molecule has 0 saturated carbocycles. The summed E-state index contributed by atoms with van der Waals surface area (Å²) in [6, 6.07) is 11.4. The van der Waals surface area contributed by atoms with Crippen molar-refractivity contribution in [3.63, 3.8) is 0 Å². The minimum Gasteiger partial charge on any atom is -0.507 e. The molecule has 0 aromatic heterocycles. The van der Waals surface area contributed by atoms with Crippen LogP contribution in [0.4, 0.5) is 5.69 Å². The number of likely N-dealkylation sites (tertiary alicyclic amines) is 1. The lowest BCUT2D eigenvalue weighted by molar-refractivity contribution is -0.384. The highest BCUT2D eigenvalue weighted by Crippen LogP contribution is 2.40. The third-order valence-electron chi connectivity index (χ3n) is 5.17. The van der Waals surface area contributed by atoms with Crippen LogP contribution < -0.4 is 4.74 Å². The summed E-state index contributed by atoms with van der Waals surface area (Å²) in [6.07, 6.45) is 0. The Morgan fingerprint density at radius 1 is 1.19 bits per heavy atom. The van der Waals surface area contributed by atoms with E-state index in [4.69, 9.17) is 4.74 Å². The van der Waals surface area contributed by atoms with Crippen molar-refractivity contribution in [2.75, 3.05) is 33.8 Å². The van der Waals surface area contributed by atoms with Crippen LogP contribution in [0, 0.1) is 10.1 Å². The summed E-state index contributed by atoms with van der Waals surface area (Å²) < 4.78 is 5.48. The normalized spacial score (nSPS) is 17.8. The zero-order valence-electron chi connectivity index (χ0n) is 18.1. The smallest absolute Gasteiger partial charge is 0.295 e. The number of likely N-dealkylation sites (N-methyl/N-ethyl adjacent to an activating group) is 1. The van der Waals surface area contributed by atoms with Gasteiger partial charge in [0.25, 0.3) is 17.4 Å². The van der Waals surface area contributed by atoms with Gasteiger partial charge in [-0.25, -0.2) is 0 Å². The molecule has 1 N–H and O–H groups in total. The van der Waals surface area contributed by atoms with Crippen molar-refractivity contribution in [1.82, 2.24) is 9.80 Å². The summed E-state index contributed by atoms with van der Waals surface area (Å²) in [7, 11) is 3.69. The van der Waals surface area contributed by atoms with Crippen molar-refractivity contribution in [3.8, 4) is 5.75 Å². The molecule has 1 aliphatic heterocycles. The van der Waals surface area contributed by atoms with Gasteiger partial charge in [0.05, 0.1) is 23.1 Å². The highest BCUT2D eigenvalue weighted by Gasteiger charge is 2.46. The number of aliphatic hydroxyl groups excluding tert-OH is 1. The molecule has 0 radical (unpaired) electrons. The predicted octanol–water partition coefficient (Wildman–Crippen LogP) is 2.98. The molecule has 2 aromatic carbocycles. The van der Waals surface area contributed by atoms with Gasteiger partial charge >= 0.3 is 0 Å². The van der Waals surface area contributed by atoms with Gasteiger partial charge in [-0.1, -0.05) is 12.1 Å². The maximum atomic E-state index is 13.0. The van der Waals surface area contributed by atoms with Crippen LogP contribution in [0.15, 0.2) is 54.1 Å². The summed E-state index contributed by atoms with van der Waals surface area (Å²) in [5, 5.41) is 22.1. The number of Topliss-reactive ketones (excluding diaryl/α,β-unsaturated/α-hetero) is 1. The Hall–Kier alpha value is -3.72. The van der Waals surface area contributed by atoms with Gasteiger partial charge in [0.2, 0.25) is 0 Å². The number of carbonyl (C=O) groups is 2. The third kappa shape index (κ3) is 4.62. The van der Waals surface area contributed by atoms with E-state index < -0.39 is 22.7 Å². The number of ether oxygens (including phenoxy) is 1. The zero-order valence-corrected chi connectivity index (χ0v) is 18.1. The molecule has 0 spiro atoms. The summed E-state index contributed by atoms with van der Waals surface area (Å²) in [4.78, 5) is 39.6. The monoisotopic (exact) mass is 439 g/mol. The maximum Gasteiger partial charge on any atom is 0.295 e. The van der Waals surface area contributed by atoms with E-state index in [0.29, 0.717) is 30.0 Å². The number of ketones is 1. The minimum atomic E-state index is -0.869. The zero-order chi connectivity index (χ0) is 23.4. The van der Waals surface area contributed by atoms with E-state index in [1.54, 1.807) is 24.3 Å². The van der Waals surface area contributed by atoms with Crippen molar-refractivity contribution >= 4 is 23.1 Å². The first kappa shape index (κ1) is 23.0. The Morgan fingerprint density at radius 3 is 2.47 bits per heavy atom. The summed E-state index contributed by atoms with van der Waals surface area (Å²) in [5.74, 6) is -1.32. The van der Waals surface area contributed by atoms with Crippen LogP contribution in [-0.4, -0.2) is 65.3 Å². The van der Waals surface area contributed by atoms with Crippen LogP contribution in [-0.2, 0) is 9.59 Å². The lowest BCUT2D eigenvalue weighted by atomic mass is 9.95. The molecule has 32 heavy (non-hydrogen) atoms. The number of aliphatic hydroxyl groups is 1. The van der Waals surface area contributed by atoms with E-state index in [1.165, 1.54) is 29.2 Å². The number of nitro benzene ring substituents is 1. The summed E-state index contributed by atoms with van der Waals surface area (Å²) >= 11 is 0. The largest absolute Gasteiger partial charge is 0.507 e. The van der Waals surface area contributed by atoms with Crippen LogP contribution >= 0.6 is 0 Å². The Kier molecular flexibility index (Phi) is 6.89. The Bertz CT molecular complexity index is 1060. The molecule has 1 aliphatic rings. The first-order chi connectivity index (χ1) is 15.2. The molecule has 1 saturated heterocycles. The molecule has 1 unspecified atom stereocenters. The van der Waals surface area contributed by atoms with Gasteiger partial charge in [0, 0.05) is 30.8 Å². The highest BCUT2D eigenvalue weighted by atomic mass is 16.6. The number of nitro groups is 1. The average Bonchev–Trinajstić information content (AvgIpc) is 3.02. The second-order valence-corrected chi connectivity index (χ2v) is 7.61. The number of nitrogens with zero attached hydrogens (tertiary/aromatic N) is 3. The van der Waals surface area contributed by atoms with E-state index in [0.717, 1.165) is 0 Å². The second-order valence-electron chi connectivity index (χ2n) is 7.61. The number of hydrogen-bond acceptors (Lipinski definition) is 7. The SMILES string of the molecule is CCOc1cccc(C(O)=C2C(=O)C(=O)N(CCN(C)C)C2c2ccc([N+](=O)[O-])cc2)c1. The van der Waals surface area contributed by atoms with Crippen molar-refractivity contribution in [3.05, 3.63) is 75.3 Å². The standard InChI is InChI=1S/C23H25N3O6/c1-4-32-18-7-5-6-16(14-18)21(27)19-20(15-8-10-17(11-9-15)26(30)31)25(13-12-24(2)3)23(29)22(19)28/h5-11,14,20,27H,4,12-13H2,1-3H3. The molecule has 168 valence electrons. The van der Waals surface area contributed by atoms with Gasteiger partial charge in [-0.15, -0.1) is 0 Å². The van der Waals surface area contributed by atoms with Gasteiger partial charge in [0.15, 0.2) is 0 Å². The quantitative estimate of drug-likeness (QED) is 0.221. The Labute approximate surface area is 185 Å². The molecule has 9 nitrogen and oxygen atoms in total. The first-order valence-electron chi connectivity index (χ1n) is 10.1. The maximum absolute atomic E-state index is 13.0. The van der Waals surface area contributed by atoms with Crippen molar-refractivity contribution in [1.29, 1.82) is 0 Å². The molecule has 1 heterocycles. The van der Waals surface area contributed by atoms with E-state index >= 15 is 0 Å². The van der Waals surface area contributed by atoms with Crippen LogP contribution in [0.2, 0.25) is 0 Å². The molecule has 2 aromatic rings. The van der Waals surface area contributed by atoms with Crippen LogP contribution in [0.25, 0.3) is 5.76 Å². The van der Waals surface area contributed by atoms with Crippen LogP contribution in [0.5, 0.6) is 5.75 Å². The van der Waals surface area contributed by atoms with Crippen molar-refractivity contribution < 1.29 is 24.4 Å². The fraction of sp³-hybridized carbons (Fsp3) is 0.304.